The van der Waals surface area contributed by atoms with Crippen molar-refractivity contribution in [3.05, 3.63) is 76.6 Å². The number of hydrogen-bond donors (Lipinski definition) is 6. The van der Waals surface area contributed by atoms with Crippen LogP contribution in [-0.4, -0.2) is 74.0 Å². The summed E-state index contributed by atoms with van der Waals surface area (Å²) in [6.07, 6.45) is 7.08. The Labute approximate surface area is 301 Å². The van der Waals surface area contributed by atoms with Crippen LogP contribution in [0.5, 0.6) is 0 Å². The summed E-state index contributed by atoms with van der Waals surface area (Å²) < 4.78 is 0. The number of aliphatic hydroxyl groups is 4. The number of carboxylic acids is 1. The zero-order valence-corrected chi connectivity index (χ0v) is 31.0. The molecule has 5 aliphatic rings. The van der Waals surface area contributed by atoms with E-state index in [1.807, 2.05) is 77.1 Å². The van der Waals surface area contributed by atoms with Crippen LogP contribution in [0.4, 0.5) is 0 Å². The molecule has 0 heterocycles. The van der Waals surface area contributed by atoms with Gasteiger partial charge in [0.25, 0.3) is 0 Å². The minimum absolute atomic E-state index is 0.0151. The average Bonchev–Trinajstić information content (AvgIpc) is 3.25. The van der Waals surface area contributed by atoms with E-state index in [2.05, 4.69) is 12.2 Å². The van der Waals surface area contributed by atoms with Gasteiger partial charge in [0.1, 0.15) is 23.2 Å². The largest absolute Gasteiger partial charge is 0.509 e. The van der Waals surface area contributed by atoms with Crippen molar-refractivity contribution in [1.82, 2.24) is 5.32 Å². The number of aliphatic carboxylic acids is 1. The Bertz CT molecular complexity index is 1760. The molecule has 9 nitrogen and oxygen atoms in total. The fraction of sp³-hybridized carbons (Fsp3) is 0.595. The maximum atomic E-state index is 14.9. The number of aliphatic hydroxyl groups excluding tert-OH is 2. The second kappa shape index (κ2) is 12.4. The summed E-state index contributed by atoms with van der Waals surface area (Å²) in [5.41, 5.74) is -4.95. The highest BCUT2D eigenvalue weighted by Gasteiger charge is 2.78. The Kier molecular flexibility index (Phi) is 9.06. The Morgan fingerprint density at radius 1 is 1.04 bits per heavy atom. The summed E-state index contributed by atoms with van der Waals surface area (Å²) in [6, 6.07) is 9.78. The van der Waals surface area contributed by atoms with E-state index < -0.39 is 62.5 Å². The van der Waals surface area contributed by atoms with E-state index in [1.165, 1.54) is 0 Å². The van der Waals surface area contributed by atoms with Gasteiger partial charge < -0.3 is 30.8 Å². The molecule has 0 aromatic heterocycles. The summed E-state index contributed by atoms with van der Waals surface area (Å²) >= 11 is 0. The van der Waals surface area contributed by atoms with Crippen LogP contribution >= 0.6 is 0 Å². The molecule has 0 radical (unpaired) electrons. The van der Waals surface area contributed by atoms with Crippen molar-refractivity contribution in [3.63, 3.8) is 0 Å². The number of allylic oxidation sites excluding steroid dienone is 1. The second-order valence-corrected chi connectivity index (χ2v) is 17.4. The third kappa shape index (κ3) is 5.12. The Hall–Kier alpha value is -3.37. The number of ketones is 2. The van der Waals surface area contributed by atoms with Gasteiger partial charge in [-0.1, -0.05) is 90.1 Å². The van der Waals surface area contributed by atoms with E-state index in [9.17, 15) is 39.9 Å². The number of Topliss-reactive ketones (excluding diaryl/α,β-unsaturated/α-hetero) is 2. The lowest BCUT2D eigenvalue weighted by molar-refractivity contribution is -0.161. The molecule has 6 N–H and O–H groups in total. The van der Waals surface area contributed by atoms with Crippen LogP contribution in [0.3, 0.4) is 0 Å². The van der Waals surface area contributed by atoms with Crippen molar-refractivity contribution in [2.75, 3.05) is 13.6 Å². The van der Waals surface area contributed by atoms with Crippen molar-refractivity contribution >= 4 is 23.6 Å². The monoisotopic (exact) mass is 701 g/mol. The van der Waals surface area contributed by atoms with Crippen LogP contribution in [0.15, 0.2) is 71.0 Å². The van der Waals surface area contributed by atoms with Gasteiger partial charge in [-0.25, -0.2) is 4.79 Å². The number of fused-ring (bicyclic) bond motifs is 2. The zero-order valence-electron chi connectivity index (χ0n) is 31.0. The SMILES string of the molecule is CNCC/C(C(=O)O)=C(/O)[C@@H](O)C[C@@H](C)[C@H]1C[C@@]2(O)C=C[C@]3(O)C4=C(C(=O)C[C@@]1(C)[C@]42C)[C@@]1(C)CCC(=O)C(C)(C)[C@H]1[C@@H]3/C=C/c1ccccc1. The summed E-state index contributed by atoms with van der Waals surface area (Å²) in [4.78, 5) is 40.5. The standard InChI is InChI=1S/C42H55NO8/c1-24(21-29(44)33(47)26(36(48)49)16-20-43-7)28-22-41(50)18-19-42(51)27(14-13-25-11-9-8-10-12-25)34-37(2,3)31(46)15-17-38(34,4)32-30(45)23-39(28,5)40(41,6)35(32)42/h8-14,18-19,24,27-29,34,43-44,47,50-51H,15-17,20-23H2,1-7H3,(H,48,49)/b14-13+,33-26-/t24-,27+,28-,29+,34-,38-,39-,40+,41+,42-/m1/s1. The van der Waals surface area contributed by atoms with Crippen molar-refractivity contribution < 1.29 is 39.9 Å². The third-order valence-corrected chi connectivity index (χ3v) is 14.5. The molecule has 6 rings (SSSR count). The van der Waals surface area contributed by atoms with Gasteiger partial charge in [0, 0.05) is 40.6 Å². The molecule has 1 aromatic carbocycles. The first-order valence-corrected chi connectivity index (χ1v) is 18.4. The molecule has 9 heteroatoms. The van der Waals surface area contributed by atoms with Crippen molar-refractivity contribution in [2.45, 2.75) is 97.4 Å². The van der Waals surface area contributed by atoms with Crippen molar-refractivity contribution in [3.8, 4) is 0 Å². The maximum Gasteiger partial charge on any atom is 0.335 e. The lowest BCUT2D eigenvalue weighted by Crippen LogP contribution is -2.69. The number of carbonyl (C=O) groups is 3. The topological polar surface area (TPSA) is 164 Å². The normalized spacial score (nSPS) is 39.8. The van der Waals surface area contributed by atoms with E-state index in [1.54, 1.807) is 19.2 Å². The predicted octanol–water partition coefficient (Wildman–Crippen LogP) is 5.57. The van der Waals surface area contributed by atoms with Gasteiger partial charge in [-0.05, 0) is 79.7 Å². The number of nitrogens with one attached hydrogen (secondary N) is 1. The summed E-state index contributed by atoms with van der Waals surface area (Å²) in [5, 5.41) is 60.8. The zero-order chi connectivity index (χ0) is 37.5. The van der Waals surface area contributed by atoms with E-state index in [0.29, 0.717) is 30.5 Å². The highest BCUT2D eigenvalue weighted by molar-refractivity contribution is 6.02. The van der Waals surface area contributed by atoms with Crippen molar-refractivity contribution in [1.29, 1.82) is 0 Å². The molecule has 276 valence electrons. The van der Waals surface area contributed by atoms with E-state index in [0.717, 1.165) is 5.56 Å². The van der Waals surface area contributed by atoms with Gasteiger partial charge in [-0.3, -0.25) is 9.59 Å². The van der Waals surface area contributed by atoms with Crippen molar-refractivity contribution in [2.24, 2.45) is 45.3 Å². The van der Waals surface area contributed by atoms with Crippen LogP contribution in [0, 0.1) is 45.3 Å². The Morgan fingerprint density at radius 2 is 1.71 bits per heavy atom. The van der Waals surface area contributed by atoms with Crippen LogP contribution in [-0.2, 0) is 14.4 Å². The first-order valence-electron chi connectivity index (χ1n) is 18.4. The highest BCUT2D eigenvalue weighted by atomic mass is 16.4. The smallest absolute Gasteiger partial charge is 0.335 e. The molecular formula is C42H55NO8. The number of rotatable bonds is 10. The number of benzene rings is 1. The maximum absolute atomic E-state index is 14.9. The van der Waals surface area contributed by atoms with Crippen LogP contribution in [0.25, 0.3) is 6.08 Å². The molecule has 0 spiro atoms. The molecule has 2 fully saturated rings. The minimum Gasteiger partial charge on any atom is -0.509 e. The first-order chi connectivity index (χ1) is 23.7. The van der Waals surface area contributed by atoms with Gasteiger partial charge in [0.05, 0.1) is 11.2 Å². The molecule has 0 bridgehead atoms. The third-order valence-electron chi connectivity index (χ3n) is 14.5. The number of carbonyl (C=O) groups excluding carboxylic acids is 2. The van der Waals surface area contributed by atoms with Crippen LogP contribution < -0.4 is 5.32 Å². The predicted molar refractivity (Wildman–Crippen MR) is 194 cm³/mol. The molecule has 10 atom stereocenters. The lowest BCUT2D eigenvalue weighted by Gasteiger charge is -2.68. The van der Waals surface area contributed by atoms with Gasteiger partial charge >= 0.3 is 5.97 Å². The summed E-state index contributed by atoms with van der Waals surface area (Å²) in [6.45, 7) is 12.2. The Balaban J connectivity index is 1.50. The molecule has 0 amide bonds. The number of carboxylic acid groups (broad SMARTS) is 1. The van der Waals surface area contributed by atoms with E-state index >= 15 is 0 Å². The lowest BCUT2D eigenvalue weighted by atomic mass is 9.36. The number of hydrogen-bond acceptors (Lipinski definition) is 8. The molecule has 1 aromatic rings. The molecule has 0 saturated heterocycles. The Morgan fingerprint density at radius 3 is 2.33 bits per heavy atom. The van der Waals surface area contributed by atoms with Gasteiger partial charge in [0.15, 0.2) is 5.78 Å². The van der Waals surface area contributed by atoms with Gasteiger partial charge in [-0.2, -0.15) is 0 Å². The second-order valence-electron chi connectivity index (χ2n) is 17.4. The summed E-state index contributed by atoms with van der Waals surface area (Å²) in [5.74, 6) is -3.58. The molecular weight excluding hydrogens is 646 g/mol. The van der Waals surface area contributed by atoms with Gasteiger partial charge in [-0.15, -0.1) is 0 Å². The highest BCUT2D eigenvalue weighted by Crippen LogP contribution is 2.78. The van der Waals surface area contributed by atoms with Crippen LogP contribution in [0.2, 0.25) is 0 Å². The van der Waals surface area contributed by atoms with E-state index in [4.69, 9.17) is 0 Å². The van der Waals surface area contributed by atoms with Crippen LogP contribution in [0.1, 0.15) is 85.6 Å². The molecule has 51 heavy (non-hydrogen) atoms. The van der Waals surface area contributed by atoms with Gasteiger partial charge in [0.2, 0.25) is 0 Å². The molecule has 2 saturated carbocycles. The molecule has 0 unspecified atom stereocenters. The minimum atomic E-state index is -1.68. The molecule has 5 aliphatic carbocycles. The average molecular weight is 702 g/mol. The summed E-state index contributed by atoms with van der Waals surface area (Å²) in [7, 11) is 1.67. The molecule has 0 aliphatic heterocycles. The first kappa shape index (κ1) is 37.4. The fourth-order valence-electron chi connectivity index (χ4n) is 11.8. The fourth-order valence-corrected chi connectivity index (χ4v) is 11.8. The van der Waals surface area contributed by atoms with E-state index in [-0.39, 0.29) is 54.7 Å². The quantitative estimate of drug-likeness (QED) is 0.104.